The standard InChI is InChI=1S/C31H41NO4/c1-18-21-8-9-29(6)24(28(21,5)15-20(17-32)26(18)35)14-23(34)25-22-16-27(3,4)10-12-31(22,36-19(2)33)13-11-30(25,29)7/h14-15,18,21-22,25H,8-13,16H2,1-7H3/t18-,21-,22?,25?,28-,29+,30+,31-/m0/s1. The predicted molar refractivity (Wildman–Crippen MR) is 136 cm³/mol. The number of rotatable bonds is 1. The van der Waals surface area contributed by atoms with Crippen molar-refractivity contribution in [2.75, 3.05) is 0 Å². The third-order valence-electron chi connectivity index (χ3n) is 11.8. The van der Waals surface area contributed by atoms with Gasteiger partial charge in [-0.1, -0.05) is 53.2 Å². The molecular formula is C31H41NO4. The van der Waals surface area contributed by atoms with Crippen LogP contribution in [0.4, 0.5) is 0 Å². The number of nitrogens with zero attached hydrogens (tertiary/aromatic N) is 1. The van der Waals surface area contributed by atoms with Crippen LogP contribution in [0.3, 0.4) is 0 Å². The van der Waals surface area contributed by atoms with Crippen molar-refractivity contribution < 1.29 is 19.1 Å². The highest BCUT2D eigenvalue weighted by Gasteiger charge is 2.69. The van der Waals surface area contributed by atoms with Gasteiger partial charge in [0.05, 0.1) is 5.57 Å². The zero-order chi connectivity index (χ0) is 26.5. The van der Waals surface area contributed by atoms with Crippen molar-refractivity contribution in [2.24, 2.45) is 45.3 Å². The SMILES string of the molecule is CC(=O)O[C@]12CCC(C)(C)CC1C1C(=O)C=C3[C@@]4(C)C=C(C#N)C(=O)[C@@H](C)[C@@H]4CC[C@@]3(C)[C@]1(C)CC2. The summed E-state index contributed by atoms with van der Waals surface area (Å²) >= 11 is 0. The van der Waals surface area contributed by atoms with Crippen molar-refractivity contribution in [1.29, 1.82) is 5.26 Å². The van der Waals surface area contributed by atoms with E-state index in [2.05, 4.69) is 40.7 Å². The lowest BCUT2D eigenvalue weighted by Crippen LogP contribution is -2.66. The lowest BCUT2D eigenvalue weighted by Gasteiger charge is -2.68. The summed E-state index contributed by atoms with van der Waals surface area (Å²) in [7, 11) is 0. The van der Waals surface area contributed by atoms with Crippen LogP contribution in [0.1, 0.15) is 93.4 Å². The van der Waals surface area contributed by atoms with Crippen molar-refractivity contribution in [3.05, 3.63) is 23.3 Å². The summed E-state index contributed by atoms with van der Waals surface area (Å²) in [6.45, 7) is 14.8. The van der Waals surface area contributed by atoms with E-state index in [-0.39, 0.29) is 63.0 Å². The maximum absolute atomic E-state index is 14.3. The first kappa shape index (κ1) is 25.4. The third-order valence-corrected chi connectivity index (χ3v) is 11.8. The predicted octanol–water partition coefficient (Wildman–Crippen LogP) is 6.13. The molecule has 5 aliphatic carbocycles. The van der Waals surface area contributed by atoms with Gasteiger partial charge in [0.15, 0.2) is 11.6 Å². The van der Waals surface area contributed by atoms with Gasteiger partial charge in [-0.15, -0.1) is 0 Å². The summed E-state index contributed by atoms with van der Waals surface area (Å²) in [4.78, 5) is 39.4. The van der Waals surface area contributed by atoms with E-state index in [1.54, 1.807) is 0 Å². The fraction of sp³-hybridized carbons (Fsp3) is 0.742. The van der Waals surface area contributed by atoms with Gasteiger partial charge in [0.25, 0.3) is 0 Å². The van der Waals surface area contributed by atoms with E-state index < -0.39 is 11.0 Å². The summed E-state index contributed by atoms with van der Waals surface area (Å²) in [6.07, 6.45) is 9.88. The van der Waals surface area contributed by atoms with E-state index >= 15 is 0 Å². The molecule has 5 rings (SSSR count). The van der Waals surface area contributed by atoms with Crippen molar-refractivity contribution in [2.45, 2.75) is 99.0 Å². The molecule has 5 aliphatic rings. The number of Topliss-reactive ketones (excluding diaryl/α,β-unsaturated/α-hetero) is 1. The molecule has 0 aromatic carbocycles. The Morgan fingerprint density at radius 2 is 1.69 bits per heavy atom. The number of ketones is 2. The Labute approximate surface area is 215 Å². The van der Waals surface area contributed by atoms with Crippen molar-refractivity contribution in [3.63, 3.8) is 0 Å². The van der Waals surface area contributed by atoms with E-state index in [9.17, 15) is 19.6 Å². The van der Waals surface area contributed by atoms with Crippen LogP contribution < -0.4 is 0 Å². The third kappa shape index (κ3) is 3.15. The van der Waals surface area contributed by atoms with Gasteiger partial charge in [-0.05, 0) is 73.2 Å². The molecular weight excluding hydrogens is 450 g/mol. The Kier molecular flexibility index (Phi) is 5.40. The minimum Gasteiger partial charge on any atom is -0.459 e. The van der Waals surface area contributed by atoms with Gasteiger partial charge in [-0.2, -0.15) is 5.26 Å². The average Bonchev–Trinajstić information content (AvgIpc) is 2.78. The van der Waals surface area contributed by atoms with Crippen LogP contribution in [0.25, 0.3) is 0 Å². The van der Waals surface area contributed by atoms with Crippen LogP contribution >= 0.6 is 0 Å². The number of carbonyl (C=O) groups is 3. The largest absolute Gasteiger partial charge is 0.459 e. The lowest BCUT2D eigenvalue weighted by atomic mass is 9.36. The molecule has 2 unspecified atom stereocenters. The highest BCUT2D eigenvalue weighted by atomic mass is 16.6. The van der Waals surface area contributed by atoms with E-state index in [0.717, 1.165) is 50.5 Å². The molecule has 0 aromatic heterocycles. The molecule has 0 amide bonds. The maximum atomic E-state index is 14.3. The topological polar surface area (TPSA) is 84.2 Å². The highest BCUT2D eigenvalue weighted by Crippen LogP contribution is 2.72. The quantitative estimate of drug-likeness (QED) is 0.412. The number of ether oxygens (including phenoxy) is 1. The monoisotopic (exact) mass is 491 g/mol. The van der Waals surface area contributed by atoms with Crippen LogP contribution in [0.5, 0.6) is 0 Å². The second-order valence-electron chi connectivity index (χ2n) is 14.1. The van der Waals surface area contributed by atoms with Gasteiger partial charge < -0.3 is 4.74 Å². The first-order valence-electron chi connectivity index (χ1n) is 13.8. The number of fused-ring (bicyclic) bond motifs is 7. The fourth-order valence-electron chi connectivity index (χ4n) is 9.67. The Balaban J connectivity index is 1.68. The number of hydrogen-bond acceptors (Lipinski definition) is 5. The Hall–Kier alpha value is -2.22. The molecule has 0 radical (unpaired) electrons. The molecule has 0 N–H and O–H groups in total. The molecule has 8 atom stereocenters. The van der Waals surface area contributed by atoms with Gasteiger partial charge in [-0.25, -0.2) is 0 Å². The van der Waals surface area contributed by atoms with Gasteiger partial charge in [0, 0.05) is 30.1 Å². The lowest BCUT2D eigenvalue weighted by molar-refractivity contribution is -0.214. The molecule has 5 nitrogen and oxygen atoms in total. The van der Waals surface area contributed by atoms with Crippen LogP contribution in [0.15, 0.2) is 23.3 Å². The summed E-state index contributed by atoms with van der Waals surface area (Å²) in [5, 5.41) is 9.75. The fourth-order valence-corrected chi connectivity index (χ4v) is 9.67. The van der Waals surface area contributed by atoms with Crippen LogP contribution in [0, 0.1) is 56.7 Å². The molecule has 0 saturated heterocycles. The Bertz CT molecular complexity index is 1160. The summed E-state index contributed by atoms with van der Waals surface area (Å²) in [5.74, 6) is -0.535. The van der Waals surface area contributed by atoms with Gasteiger partial charge in [-0.3, -0.25) is 14.4 Å². The molecule has 5 heteroatoms. The molecule has 3 fully saturated rings. The molecule has 3 saturated carbocycles. The smallest absolute Gasteiger partial charge is 0.303 e. The molecule has 0 bridgehead atoms. The van der Waals surface area contributed by atoms with Crippen molar-refractivity contribution in [1.82, 2.24) is 0 Å². The van der Waals surface area contributed by atoms with Crippen molar-refractivity contribution >= 4 is 17.5 Å². The Morgan fingerprint density at radius 1 is 1.03 bits per heavy atom. The van der Waals surface area contributed by atoms with Crippen LogP contribution in [0.2, 0.25) is 0 Å². The summed E-state index contributed by atoms with van der Waals surface area (Å²) in [6, 6.07) is 2.15. The van der Waals surface area contributed by atoms with E-state index in [1.165, 1.54) is 6.92 Å². The first-order valence-corrected chi connectivity index (χ1v) is 13.8. The van der Waals surface area contributed by atoms with Crippen LogP contribution in [-0.4, -0.2) is 23.1 Å². The number of allylic oxidation sites excluding steroid dienone is 4. The minimum absolute atomic E-state index is 0.00590. The van der Waals surface area contributed by atoms with Gasteiger partial charge >= 0.3 is 5.97 Å². The molecule has 194 valence electrons. The zero-order valence-electron chi connectivity index (χ0n) is 23.0. The highest BCUT2D eigenvalue weighted by molar-refractivity contribution is 6.02. The molecule has 0 aromatic rings. The first-order chi connectivity index (χ1) is 16.6. The van der Waals surface area contributed by atoms with Gasteiger partial charge in [0.1, 0.15) is 11.7 Å². The number of esters is 1. The molecule has 0 heterocycles. The number of hydrogen-bond donors (Lipinski definition) is 0. The second-order valence-corrected chi connectivity index (χ2v) is 14.1. The number of nitriles is 1. The normalized spacial score (nSPS) is 47.2. The summed E-state index contributed by atoms with van der Waals surface area (Å²) in [5.41, 5.74) is -0.151. The van der Waals surface area contributed by atoms with E-state index in [1.807, 2.05) is 19.1 Å². The van der Waals surface area contributed by atoms with Crippen molar-refractivity contribution in [3.8, 4) is 6.07 Å². The maximum Gasteiger partial charge on any atom is 0.303 e. The molecule has 0 aliphatic heterocycles. The second kappa shape index (κ2) is 7.65. The summed E-state index contributed by atoms with van der Waals surface area (Å²) < 4.78 is 6.15. The minimum atomic E-state index is -0.566. The Morgan fingerprint density at radius 3 is 2.33 bits per heavy atom. The van der Waals surface area contributed by atoms with Crippen LogP contribution in [-0.2, 0) is 19.1 Å². The van der Waals surface area contributed by atoms with E-state index in [0.29, 0.717) is 0 Å². The number of carbonyl (C=O) groups excluding carboxylic acids is 3. The molecule has 0 spiro atoms. The van der Waals surface area contributed by atoms with E-state index in [4.69, 9.17) is 4.74 Å². The molecule has 36 heavy (non-hydrogen) atoms. The average molecular weight is 492 g/mol. The zero-order valence-corrected chi connectivity index (χ0v) is 23.0. The van der Waals surface area contributed by atoms with Gasteiger partial charge in [0.2, 0.25) is 0 Å².